The number of halogens is 3. The first kappa shape index (κ1) is 20.4. The number of H-pyrrole nitrogens is 1. The molecule has 1 saturated heterocycles. The molecule has 30 heavy (non-hydrogen) atoms. The lowest BCUT2D eigenvalue weighted by Gasteiger charge is -2.31. The van der Waals surface area contributed by atoms with Crippen LogP contribution in [-0.2, 0) is 13.0 Å². The van der Waals surface area contributed by atoms with Crippen LogP contribution in [0.2, 0.25) is 0 Å². The number of aromatic nitrogens is 3. The van der Waals surface area contributed by atoms with E-state index in [0.29, 0.717) is 29.7 Å². The Bertz CT molecular complexity index is 950. The van der Waals surface area contributed by atoms with Gasteiger partial charge in [-0.2, -0.15) is 5.10 Å². The fourth-order valence-electron chi connectivity index (χ4n) is 3.84. The summed E-state index contributed by atoms with van der Waals surface area (Å²) in [6, 6.07) is 16.2. The van der Waals surface area contributed by atoms with Crippen molar-refractivity contribution in [1.29, 1.82) is 0 Å². The molecule has 158 valence electrons. The molecule has 4 rings (SSSR count). The summed E-state index contributed by atoms with van der Waals surface area (Å²) in [6.45, 7) is 2.62. The highest BCUT2D eigenvalue weighted by Gasteiger charge is 2.31. The van der Waals surface area contributed by atoms with E-state index in [1.807, 2.05) is 6.07 Å². The van der Waals surface area contributed by atoms with Crippen molar-refractivity contribution in [1.82, 2.24) is 20.1 Å². The van der Waals surface area contributed by atoms with Crippen LogP contribution in [0.3, 0.4) is 0 Å². The van der Waals surface area contributed by atoms with Gasteiger partial charge in [0, 0.05) is 5.56 Å². The predicted molar refractivity (Wildman–Crippen MR) is 107 cm³/mol. The van der Waals surface area contributed by atoms with Gasteiger partial charge in [0.1, 0.15) is 11.6 Å². The van der Waals surface area contributed by atoms with Crippen molar-refractivity contribution < 1.29 is 17.9 Å². The molecule has 0 spiro atoms. The first-order valence-corrected chi connectivity index (χ1v) is 9.98. The lowest BCUT2D eigenvalue weighted by molar-refractivity contribution is -0.274. The number of piperidine rings is 1. The molecule has 0 bridgehead atoms. The van der Waals surface area contributed by atoms with E-state index in [4.69, 9.17) is 0 Å². The molecule has 3 aromatic rings. The molecule has 1 aliphatic heterocycles. The van der Waals surface area contributed by atoms with Gasteiger partial charge in [0.2, 0.25) is 0 Å². The number of benzene rings is 2. The Hall–Kier alpha value is -2.87. The molecule has 8 heteroatoms. The Morgan fingerprint density at radius 1 is 1.03 bits per heavy atom. The molecule has 1 fully saturated rings. The molecule has 0 atom stereocenters. The minimum atomic E-state index is -4.73. The molecular weight excluding hydrogens is 393 g/mol. The minimum Gasteiger partial charge on any atom is -0.406 e. The van der Waals surface area contributed by atoms with Gasteiger partial charge in [-0.1, -0.05) is 42.5 Å². The summed E-state index contributed by atoms with van der Waals surface area (Å²) in [5, 5.41) is 7.07. The average Bonchev–Trinajstić information content (AvgIpc) is 3.18. The summed E-state index contributed by atoms with van der Waals surface area (Å²) in [7, 11) is 0. The van der Waals surface area contributed by atoms with Crippen molar-refractivity contribution in [3.8, 4) is 17.1 Å². The largest absolute Gasteiger partial charge is 0.573 e. The van der Waals surface area contributed by atoms with Gasteiger partial charge < -0.3 is 4.74 Å². The highest BCUT2D eigenvalue weighted by Crippen LogP contribution is 2.27. The summed E-state index contributed by atoms with van der Waals surface area (Å²) in [5.41, 5.74) is 1.85. The van der Waals surface area contributed by atoms with Crippen LogP contribution in [0.1, 0.15) is 24.2 Å². The number of nitrogens with zero attached hydrogens (tertiary/aromatic N) is 3. The van der Waals surface area contributed by atoms with Crippen LogP contribution in [0.15, 0.2) is 54.6 Å². The Morgan fingerprint density at radius 2 is 1.80 bits per heavy atom. The zero-order valence-corrected chi connectivity index (χ0v) is 16.4. The van der Waals surface area contributed by atoms with Gasteiger partial charge in [0.05, 0.1) is 6.54 Å². The molecule has 1 aliphatic rings. The molecule has 0 saturated carbocycles. The molecule has 2 heterocycles. The van der Waals surface area contributed by atoms with Crippen LogP contribution in [0.25, 0.3) is 11.4 Å². The van der Waals surface area contributed by atoms with Crippen LogP contribution < -0.4 is 4.74 Å². The molecule has 1 N–H and O–H groups in total. The lowest BCUT2D eigenvalue weighted by Crippen LogP contribution is -2.34. The van der Waals surface area contributed by atoms with Gasteiger partial charge in [0.25, 0.3) is 0 Å². The van der Waals surface area contributed by atoms with Gasteiger partial charge in [-0.3, -0.25) is 10.00 Å². The Morgan fingerprint density at radius 3 is 2.53 bits per heavy atom. The van der Waals surface area contributed by atoms with Crippen LogP contribution >= 0.6 is 0 Å². The van der Waals surface area contributed by atoms with E-state index in [9.17, 15) is 13.2 Å². The molecule has 1 aromatic heterocycles. The van der Waals surface area contributed by atoms with Crippen LogP contribution in [0.4, 0.5) is 13.2 Å². The predicted octanol–water partition coefficient (Wildman–Crippen LogP) is 4.83. The van der Waals surface area contributed by atoms with E-state index in [2.05, 4.69) is 49.1 Å². The van der Waals surface area contributed by atoms with Crippen LogP contribution in [-0.4, -0.2) is 39.5 Å². The van der Waals surface area contributed by atoms with Crippen molar-refractivity contribution in [3.05, 3.63) is 66.0 Å². The maximum absolute atomic E-state index is 12.4. The standard InChI is InChI=1S/C22H23F3N4O/c23-22(24,25)30-19-8-4-7-18(14-19)21-26-20(27-28-21)15-29-11-9-17(10-12-29)13-16-5-2-1-3-6-16/h1-8,14,17H,9-13,15H2,(H,26,27,28). The fraction of sp³-hybridized carbons (Fsp3) is 0.364. The third-order valence-electron chi connectivity index (χ3n) is 5.31. The number of ether oxygens (including phenoxy) is 1. The number of hydrogen-bond acceptors (Lipinski definition) is 4. The summed E-state index contributed by atoms with van der Waals surface area (Å²) >= 11 is 0. The number of rotatable bonds is 6. The summed E-state index contributed by atoms with van der Waals surface area (Å²) in [6.07, 6.45) is -1.35. The van der Waals surface area contributed by atoms with E-state index in [0.717, 1.165) is 32.4 Å². The normalized spacial score (nSPS) is 16.0. The van der Waals surface area contributed by atoms with Crippen LogP contribution in [0, 0.1) is 5.92 Å². The van der Waals surface area contributed by atoms with Gasteiger partial charge >= 0.3 is 6.36 Å². The zero-order chi connectivity index (χ0) is 21.0. The van der Waals surface area contributed by atoms with E-state index in [1.54, 1.807) is 6.07 Å². The highest BCUT2D eigenvalue weighted by atomic mass is 19.4. The van der Waals surface area contributed by atoms with Gasteiger partial charge in [-0.05, 0) is 56.0 Å². The number of alkyl halides is 3. The Labute approximate surface area is 172 Å². The molecule has 2 aromatic carbocycles. The zero-order valence-electron chi connectivity index (χ0n) is 16.4. The fourth-order valence-corrected chi connectivity index (χ4v) is 3.84. The van der Waals surface area contributed by atoms with E-state index >= 15 is 0 Å². The Balaban J connectivity index is 1.32. The molecule has 5 nitrogen and oxygen atoms in total. The lowest BCUT2D eigenvalue weighted by atomic mass is 9.90. The van der Waals surface area contributed by atoms with Crippen molar-refractivity contribution in [2.75, 3.05) is 13.1 Å². The average molecular weight is 416 g/mol. The number of likely N-dealkylation sites (tertiary alicyclic amines) is 1. The first-order valence-electron chi connectivity index (χ1n) is 9.98. The third-order valence-corrected chi connectivity index (χ3v) is 5.31. The number of nitrogens with one attached hydrogen (secondary N) is 1. The van der Waals surface area contributed by atoms with Gasteiger partial charge in [0.15, 0.2) is 5.82 Å². The molecule has 0 amide bonds. The molecule has 0 unspecified atom stereocenters. The second-order valence-electron chi connectivity index (χ2n) is 7.59. The quantitative estimate of drug-likeness (QED) is 0.626. The van der Waals surface area contributed by atoms with Gasteiger partial charge in [-0.25, -0.2) is 4.98 Å². The maximum atomic E-state index is 12.4. The summed E-state index contributed by atoms with van der Waals surface area (Å²) in [5.74, 6) is 1.46. The third kappa shape index (κ3) is 5.60. The first-order chi connectivity index (χ1) is 14.4. The molecule has 0 radical (unpaired) electrons. The maximum Gasteiger partial charge on any atom is 0.573 e. The summed E-state index contributed by atoms with van der Waals surface area (Å²) in [4.78, 5) is 6.78. The summed E-state index contributed by atoms with van der Waals surface area (Å²) < 4.78 is 41.2. The molecular formula is C22H23F3N4O. The van der Waals surface area contributed by atoms with E-state index in [-0.39, 0.29) is 5.75 Å². The topological polar surface area (TPSA) is 54.0 Å². The van der Waals surface area contributed by atoms with Crippen molar-refractivity contribution in [2.24, 2.45) is 5.92 Å². The van der Waals surface area contributed by atoms with E-state index in [1.165, 1.54) is 23.8 Å². The Kier molecular flexibility index (Phi) is 6.03. The smallest absolute Gasteiger partial charge is 0.406 e. The number of hydrogen-bond donors (Lipinski definition) is 1. The van der Waals surface area contributed by atoms with Gasteiger partial charge in [-0.15, -0.1) is 13.2 Å². The van der Waals surface area contributed by atoms with E-state index < -0.39 is 6.36 Å². The van der Waals surface area contributed by atoms with Crippen LogP contribution in [0.5, 0.6) is 5.75 Å². The SMILES string of the molecule is FC(F)(F)Oc1cccc(-c2n[nH]c(CN3CCC(Cc4ccccc4)CC3)n2)c1. The highest BCUT2D eigenvalue weighted by molar-refractivity contribution is 5.57. The number of aromatic amines is 1. The second kappa shape index (κ2) is 8.87. The molecule has 0 aliphatic carbocycles. The minimum absolute atomic E-state index is 0.285. The monoisotopic (exact) mass is 416 g/mol. The second-order valence-corrected chi connectivity index (χ2v) is 7.59. The van der Waals surface area contributed by atoms with Crippen molar-refractivity contribution >= 4 is 0 Å². The van der Waals surface area contributed by atoms with Crippen molar-refractivity contribution in [3.63, 3.8) is 0 Å². The van der Waals surface area contributed by atoms with Crippen molar-refractivity contribution in [2.45, 2.75) is 32.2 Å².